The Morgan fingerprint density at radius 3 is 2.79 bits per heavy atom. The first-order chi connectivity index (χ1) is 13.4. The number of hydrogen-bond donors (Lipinski definition) is 2. The van der Waals surface area contributed by atoms with E-state index < -0.39 is 28.3 Å². The van der Waals surface area contributed by atoms with Gasteiger partial charge in [0, 0.05) is 23.3 Å². The van der Waals surface area contributed by atoms with Gasteiger partial charge in [-0.1, -0.05) is 0 Å². The lowest BCUT2D eigenvalue weighted by molar-refractivity contribution is -0.384. The van der Waals surface area contributed by atoms with E-state index in [0.717, 1.165) is 23.4 Å². The second-order valence-corrected chi connectivity index (χ2v) is 6.11. The van der Waals surface area contributed by atoms with Crippen molar-refractivity contribution in [2.75, 3.05) is 5.32 Å². The second-order valence-electron chi connectivity index (χ2n) is 6.11. The number of amides is 2. The normalized spacial score (nSPS) is 12.7. The summed E-state index contributed by atoms with van der Waals surface area (Å²) in [7, 11) is 0. The van der Waals surface area contributed by atoms with Crippen LogP contribution < -0.4 is 5.32 Å². The van der Waals surface area contributed by atoms with Crippen molar-refractivity contribution in [3.05, 3.63) is 69.5 Å². The van der Waals surface area contributed by atoms with Crippen LogP contribution in [0.15, 0.2) is 36.5 Å². The second kappa shape index (κ2) is 6.68. The predicted octanol–water partition coefficient (Wildman–Crippen LogP) is 3.21. The number of aromatic nitrogens is 3. The number of halogens is 2. The number of fused-ring (bicyclic) bond motifs is 1. The molecule has 142 valence electrons. The molecular formula is C17H12F2N6O3. The molecule has 1 aliphatic heterocycles. The maximum atomic E-state index is 14.0. The van der Waals surface area contributed by atoms with Crippen molar-refractivity contribution in [2.45, 2.75) is 13.1 Å². The highest BCUT2D eigenvalue weighted by atomic mass is 19.1. The number of H-pyrrole nitrogens is 1. The van der Waals surface area contributed by atoms with Gasteiger partial charge in [-0.3, -0.25) is 20.5 Å². The summed E-state index contributed by atoms with van der Waals surface area (Å²) in [6, 6.07) is 4.64. The third-order valence-electron chi connectivity index (χ3n) is 4.31. The van der Waals surface area contributed by atoms with Crippen molar-refractivity contribution < 1.29 is 18.5 Å². The quantitative estimate of drug-likeness (QED) is 0.529. The van der Waals surface area contributed by atoms with Crippen LogP contribution in [0.25, 0.3) is 11.3 Å². The summed E-state index contributed by atoms with van der Waals surface area (Å²) in [5.74, 6) is -1.96. The first-order valence-electron chi connectivity index (χ1n) is 8.10. The highest BCUT2D eigenvalue weighted by Crippen LogP contribution is 2.29. The lowest BCUT2D eigenvalue weighted by atomic mass is 10.1. The Balaban J connectivity index is 1.64. The summed E-state index contributed by atoms with van der Waals surface area (Å²) in [4.78, 5) is 28.5. The molecule has 9 nitrogen and oxygen atoms in total. The fraction of sp³-hybridized carbons (Fsp3) is 0.118. The van der Waals surface area contributed by atoms with E-state index in [9.17, 15) is 23.7 Å². The lowest BCUT2D eigenvalue weighted by Gasteiger charge is -2.16. The minimum Gasteiger partial charge on any atom is -0.314 e. The average molecular weight is 386 g/mol. The molecule has 0 radical (unpaired) electrons. The SMILES string of the molecule is O=C(Nc1nc(-c2ccc(F)cc2F)ccc1[N+](=O)[O-])N1Cc2cn[nH]c2C1. The molecule has 11 heteroatoms. The van der Waals surface area contributed by atoms with Gasteiger partial charge in [-0.05, 0) is 18.2 Å². The molecule has 1 aliphatic rings. The standard InChI is InChI=1S/C17H12F2N6O3/c18-10-1-2-11(12(19)5-10)13-3-4-15(25(27)28)16(21-13)22-17(26)24-7-9-6-20-23-14(9)8-24/h1-6H,7-8H2,(H,20,23)(H,21,22,26). The van der Waals surface area contributed by atoms with Gasteiger partial charge in [0.25, 0.3) is 0 Å². The van der Waals surface area contributed by atoms with Crippen LogP contribution in [0.1, 0.15) is 11.3 Å². The number of hydrogen-bond acceptors (Lipinski definition) is 5. The number of carbonyl (C=O) groups is 1. The fourth-order valence-electron chi connectivity index (χ4n) is 2.93. The Labute approximate surface area is 156 Å². The Hall–Kier alpha value is -3.89. The monoisotopic (exact) mass is 386 g/mol. The van der Waals surface area contributed by atoms with Crippen molar-refractivity contribution in [1.82, 2.24) is 20.1 Å². The van der Waals surface area contributed by atoms with Crippen LogP contribution in [0.3, 0.4) is 0 Å². The van der Waals surface area contributed by atoms with E-state index in [1.807, 2.05) is 0 Å². The van der Waals surface area contributed by atoms with Crippen LogP contribution in [0.5, 0.6) is 0 Å². The number of urea groups is 1. The van der Waals surface area contributed by atoms with Crippen LogP contribution in [-0.2, 0) is 13.1 Å². The van der Waals surface area contributed by atoms with Gasteiger partial charge in [0.05, 0.1) is 35.6 Å². The molecule has 0 saturated heterocycles. The van der Waals surface area contributed by atoms with Gasteiger partial charge in [-0.2, -0.15) is 5.10 Å². The summed E-state index contributed by atoms with van der Waals surface area (Å²) in [5, 5.41) is 20.3. The van der Waals surface area contributed by atoms with E-state index in [1.54, 1.807) is 6.20 Å². The van der Waals surface area contributed by atoms with Crippen molar-refractivity contribution in [2.24, 2.45) is 0 Å². The average Bonchev–Trinajstić information content (AvgIpc) is 3.23. The zero-order valence-corrected chi connectivity index (χ0v) is 14.1. The summed E-state index contributed by atoms with van der Waals surface area (Å²) in [6.07, 6.45) is 1.60. The molecule has 1 aromatic carbocycles. The number of pyridine rings is 1. The van der Waals surface area contributed by atoms with Crippen LogP contribution in [-0.4, -0.2) is 31.0 Å². The third-order valence-corrected chi connectivity index (χ3v) is 4.31. The summed E-state index contributed by atoms with van der Waals surface area (Å²) < 4.78 is 27.2. The molecular weight excluding hydrogens is 374 g/mol. The number of nitrogens with zero attached hydrogens (tertiary/aromatic N) is 4. The maximum absolute atomic E-state index is 14.0. The molecule has 4 rings (SSSR count). The van der Waals surface area contributed by atoms with Gasteiger partial charge in [-0.15, -0.1) is 0 Å². The van der Waals surface area contributed by atoms with Gasteiger partial charge >= 0.3 is 11.7 Å². The number of nitrogens with one attached hydrogen (secondary N) is 2. The van der Waals surface area contributed by atoms with Crippen molar-refractivity contribution in [3.63, 3.8) is 0 Å². The number of anilines is 1. The van der Waals surface area contributed by atoms with Gasteiger partial charge in [0.15, 0.2) is 0 Å². The fourth-order valence-corrected chi connectivity index (χ4v) is 2.93. The first-order valence-corrected chi connectivity index (χ1v) is 8.10. The summed E-state index contributed by atoms with van der Waals surface area (Å²) >= 11 is 0. The molecule has 2 amide bonds. The van der Waals surface area contributed by atoms with E-state index in [-0.39, 0.29) is 30.2 Å². The molecule has 0 bridgehead atoms. The minimum atomic E-state index is -0.871. The first kappa shape index (κ1) is 17.5. The van der Waals surface area contributed by atoms with Crippen molar-refractivity contribution in [3.8, 4) is 11.3 Å². The smallest absolute Gasteiger partial charge is 0.314 e. The molecule has 3 heterocycles. The van der Waals surface area contributed by atoms with Gasteiger partial charge in [0.2, 0.25) is 5.82 Å². The molecule has 0 spiro atoms. The predicted molar refractivity (Wildman–Crippen MR) is 93.1 cm³/mol. The Kier molecular flexibility index (Phi) is 4.18. The Bertz CT molecular complexity index is 1080. The van der Waals surface area contributed by atoms with Crippen LogP contribution >= 0.6 is 0 Å². The van der Waals surface area contributed by atoms with Crippen LogP contribution in [0, 0.1) is 21.7 Å². The molecule has 28 heavy (non-hydrogen) atoms. The number of rotatable bonds is 3. The topological polar surface area (TPSA) is 117 Å². The van der Waals surface area contributed by atoms with E-state index in [0.29, 0.717) is 6.07 Å². The molecule has 3 aromatic rings. The number of aromatic amines is 1. The highest BCUT2D eigenvalue weighted by molar-refractivity contribution is 5.91. The third kappa shape index (κ3) is 3.13. The number of benzene rings is 1. The van der Waals surface area contributed by atoms with E-state index in [2.05, 4.69) is 20.5 Å². The number of carbonyl (C=O) groups excluding carboxylic acids is 1. The maximum Gasteiger partial charge on any atom is 0.323 e. The molecule has 0 atom stereocenters. The molecule has 0 aliphatic carbocycles. The minimum absolute atomic E-state index is 0.0224. The largest absolute Gasteiger partial charge is 0.323 e. The molecule has 2 N–H and O–H groups in total. The van der Waals surface area contributed by atoms with E-state index >= 15 is 0 Å². The van der Waals surface area contributed by atoms with Crippen molar-refractivity contribution in [1.29, 1.82) is 0 Å². The summed E-state index contributed by atoms with van der Waals surface area (Å²) in [5.41, 5.74) is 1.15. The molecule has 0 unspecified atom stereocenters. The van der Waals surface area contributed by atoms with E-state index in [4.69, 9.17) is 0 Å². The van der Waals surface area contributed by atoms with Crippen LogP contribution in [0.2, 0.25) is 0 Å². The Morgan fingerprint density at radius 2 is 2.07 bits per heavy atom. The molecule has 2 aromatic heterocycles. The van der Waals surface area contributed by atoms with Gasteiger partial charge in [0.1, 0.15) is 11.6 Å². The zero-order chi connectivity index (χ0) is 19.8. The number of nitro groups is 1. The van der Waals surface area contributed by atoms with Crippen molar-refractivity contribution >= 4 is 17.5 Å². The zero-order valence-electron chi connectivity index (χ0n) is 14.1. The Morgan fingerprint density at radius 1 is 1.25 bits per heavy atom. The molecule has 0 saturated carbocycles. The highest BCUT2D eigenvalue weighted by Gasteiger charge is 2.27. The lowest BCUT2D eigenvalue weighted by Crippen LogP contribution is -2.31. The molecule has 0 fully saturated rings. The van der Waals surface area contributed by atoms with Gasteiger partial charge in [-0.25, -0.2) is 18.6 Å². The van der Waals surface area contributed by atoms with Gasteiger partial charge < -0.3 is 4.90 Å². The van der Waals surface area contributed by atoms with E-state index in [1.165, 1.54) is 17.0 Å². The summed E-state index contributed by atoms with van der Waals surface area (Å²) in [6.45, 7) is 0.555. The van der Waals surface area contributed by atoms with Crippen LogP contribution in [0.4, 0.5) is 25.1 Å².